The van der Waals surface area contributed by atoms with Crippen LogP contribution in [-0.2, 0) is 6.54 Å². The molecule has 6 heteroatoms. The van der Waals surface area contributed by atoms with Crippen LogP contribution in [0.2, 0.25) is 5.22 Å². The quantitative estimate of drug-likeness (QED) is 0.832. The molecule has 1 fully saturated rings. The van der Waals surface area contributed by atoms with Gasteiger partial charge in [0, 0.05) is 38.3 Å². The molecule has 1 aromatic rings. The zero-order valence-corrected chi connectivity index (χ0v) is 9.46. The standard InChI is InChI=1S/C10H13ClN2O3/c11-9-7(5-8(16-9)10(14)15)6-13-3-1-12-2-4-13/h5,12H,1-4,6H2,(H,14,15). The van der Waals surface area contributed by atoms with Gasteiger partial charge in [-0.05, 0) is 17.7 Å². The van der Waals surface area contributed by atoms with Gasteiger partial charge < -0.3 is 14.8 Å². The molecule has 16 heavy (non-hydrogen) atoms. The van der Waals surface area contributed by atoms with Gasteiger partial charge in [-0.3, -0.25) is 4.90 Å². The molecule has 2 rings (SSSR count). The highest BCUT2D eigenvalue weighted by molar-refractivity contribution is 6.29. The van der Waals surface area contributed by atoms with Crippen molar-refractivity contribution >= 4 is 17.6 Å². The van der Waals surface area contributed by atoms with E-state index in [0.29, 0.717) is 6.54 Å². The first-order valence-corrected chi connectivity index (χ1v) is 5.49. The van der Waals surface area contributed by atoms with Crippen LogP contribution < -0.4 is 5.32 Å². The molecule has 0 saturated carbocycles. The van der Waals surface area contributed by atoms with Crippen LogP contribution in [0.5, 0.6) is 0 Å². The Labute approximate surface area is 98.0 Å². The maximum absolute atomic E-state index is 10.7. The number of rotatable bonds is 3. The highest BCUT2D eigenvalue weighted by atomic mass is 35.5. The minimum Gasteiger partial charge on any atom is -0.475 e. The lowest BCUT2D eigenvalue weighted by molar-refractivity contribution is 0.0662. The Balaban J connectivity index is 2.05. The molecule has 1 saturated heterocycles. The minimum atomic E-state index is -1.09. The van der Waals surface area contributed by atoms with E-state index in [0.717, 1.165) is 31.7 Å². The van der Waals surface area contributed by atoms with E-state index >= 15 is 0 Å². The predicted molar refractivity (Wildman–Crippen MR) is 58.8 cm³/mol. The molecule has 0 amide bonds. The molecule has 0 unspecified atom stereocenters. The van der Waals surface area contributed by atoms with Gasteiger partial charge in [0.1, 0.15) is 0 Å². The number of nitrogens with one attached hydrogen (secondary N) is 1. The van der Waals surface area contributed by atoms with Gasteiger partial charge in [0.05, 0.1) is 0 Å². The van der Waals surface area contributed by atoms with Crippen molar-refractivity contribution in [3.63, 3.8) is 0 Å². The molecule has 0 atom stereocenters. The number of carboxylic acid groups (broad SMARTS) is 1. The lowest BCUT2D eigenvalue weighted by atomic mass is 10.2. The zero-order valence-electron chi connectivity index (χ0n) is 8.70. The third kappa shape index (κ3) is 2.55. The first kappa shape index (κ1) is 11.4. The second-order valence-corrected chi connectivity index (χ2v) is 4.08. The van der Waals surface area contributed by atoms with E-state index in [4.69, 9.17) is 21.1 Å². The van der Waals surface area contributed by atoms with Crippen molar-refractivity contribution in [3.05, 3.63) is 22.6 Å². The van der Waals surface area contributed by atoms with Crippen molar-refractivity contribution in [3.8, 4) is 0 Å². The Bertz CT molecular complexity index is 385. The molecule has 2 N–H and O–H groups in total. The third-order valence-corrected chi connectivity index (χ3v) is 2.89. The van der Waals surface area contributed by atoms with Gasteiger partial charge >= 0.3 is 5.97 Å². The molecular weight excluding hydrogens is 232 g/mol. The van der Waals surface area contributed by atoms with Gasteiger partial charge in [0.15, 0.2) is 5.22 Å². The van der Waals surface area contributed by atoms with Gasteiger partial charge in [0.2, 0.25) is 5.76 Å². The number of furan rings is 1. The van der Waals surface area contributed by atoms with Gasteiger partial charge in [-0.2, -0.15) is 0 Å². The maximum atomic E-state index is 10.7. The highest BCUT2D eigenvalue weighted by Gasteiger charge is 2.17. The smallest absolute Gasteiger partial charge is 0.371 e. The summed E-state index contributed by atoms with van der Waals surface area (Å²) in [4.78, 5) is 12.9. The van der Waals surface area contributed by atoms with Crippen LogP contribution in [0.1, 0.15) is 16.1 Å². The molecule has 1 aliphatic heterocycles. The summed E-state index contributed by atoms with van der Waals surface area (Å²) in [5.74, 6) is -1.19. The lowest BCUT2D eigenvalue weighted by Gasteiger charge is -2.26. The number of halogens is 1. The van der Waals surface area contributed by atoms with E-state index in [1.807, 2.05) is 0 Å². The fourth-order valence-corrected chi connectivity index (χ4v) is 1.93. The SMILES string of the molecule is O=C(O)c1cc(CN2CCNCC2)c(Cl)o1. The van der Waals surface area contributed by atoms with E-state index in [1.54, 1.807) is 0 Å². The van der Waals surface area contributed by atoms with E-state index in [-0.39, 0.29) is 11.0 Å². The maximum Gasteiger partial charge on any atom is 0.371 e. The van der Waals surface area contributed by atoms with Crippen LogP contribution in [0.15, 0.2) is 10.5 Å². The number of piperazine rings is 1. The number of hydrogen-bond acceptors (Lipinski definition) is 4. The van der Waals surface area contributed by atoms with Gasteiger partial charge in [-0.1, -0.05) is 0 Å². The Morgan fingerprint density at radius 1 is 1.56 bits per heavy atom. The van der Waals surface area contributed by atoms with Crippen LogP contribution in [0.4, 0.5) is 0 Å². The number of aromatic carboxylic acids is 1. The predicted octanol–water partition coefficient (Wildman–Crippen LogP) is 1.04. The average Bonchev–Trinajstić information content (AvgIpc) is 2.62. The first-order valence-electron chi connectivity index (χ1n) is 5.11. The second-order valence-electron chi connectivity index (χ2n) is 3.74. The van der Waals surface area contributed by atoms with Crippen LogP contribution in [0.25, 0.3) is 0 Å². The van der Waals surface area contributed by atoms with Crippen molar-refractivity contribution in [1.82, 2.24) is 10.2 Å². The minimum absolute atomic E-state index is 0.102. The van der Waals surface area contributed by atoms with Crippen LogP contribution in [0.3, 0.4) is 0 Å². The third-order valence-electron chi connectivity index (χ3n) is 2.57. The summed E-state index contributed by atoms with van der Waals surface area (Å²) >= 11 is 5.84. The molecule has 1 aromatic heterocycles. The summed E-state index contributed by atoms with van der Waals surface area (Å²) < 4.78 is 4.94. The van der Waals surface area contributed by atoms with E-state index in [1.165, 1.54) is 6.07 Å². The van der Waals surface area contributed by atoms with Crippen molar-refractivity contribution in [2.24, 2.45) is 0 Å². The summed E-state index contributed by atoms with van der Waals surface area (Å²) in [6, 6.07) is 1.49. The summed E-state index contributed by atoms with van der Waals surface area (Å²) in [5, 5.41) is 12.2. The number of hydrogen-bond donors (Lipinski definition) is 2. The van der Waals surface area contributed by atoms with E-state index in [9.17, 15) is 4.79 Å². The number of nitrogens with zero attached hydrogens (tertiary/aromatic N) is 1. The largest absolute Gasteiger partial charge is 0.475 e. The Hall–Kier alpha value is -1.04. The first-order chi connectivity index (χ1) is 7.66. The van der Waals surface area contributed by atoms with Crippen LogP contribution >= 0.6 is 11.6 Å². The summed E-state index contributed by atoms with van der Waals surface area (Å²) in [5.41, 5.74) is 0.737. The Morgan fingerprint density at radius 3 is 2.81 bits per heavy atom. The molecular formula is C10H13ClN2O3. The van der Waals surface area contributed by atoms with E-state index in [2.05, 4.69) is 10.2 Å². The van der Waals surface area contributed by atoms with Crippen molar-refractivity contribution in [2.75, 3.05) is 26.2 Å². The normalized spacial score (nSPS) is 17.6. The second kappa shape index (κ2) is 4.86. The van der Waals surface area contributed by atoms with Crippen molar-refractivity contribution in [2.45, 2.75) is 6.54 Å². The molecule has 0 bridgehead atoms. The van der Waals surface area contributed by atoms with E-state index < -0.39 is 5.97 Å². The monoisotopic (exact) mass is 244 g/mol. The molecule has 0 aliphatic carbocycles. The molecule has 5 nitrogen and oxygen atoms in total. The summed E-state index contributed by atoms with van der Waals surface area (Å²) in [6.07, 6.45) is 0. The summed E-state index contributed by atoms with van der Waals surface area (Å²) in [6.45, 7) is 4.40. The molecule has 2 heterocycles. The summed E-state index contributed by atoms with van der Waals surface area (Å²) in [7, 11) is 0. The Morgan fingerprint density at radius 2 is 2.25 bits per heavy atom. The van der Waals surface area contributed by atoms with Crippen molar-refractivity contribution < 1.29 is 14.3 Å². The fraction of sp³-hybridized carbons (Fsp3) is 0.500. The highest BCUT2D eigenvalue weighted by Crippen LogP contribution is 2.22. The van der Waals surface area contributed by atoms with Crippen molar-refractivity contribution in [1.29, 1.82) is 0 Å². The fourth-order valence-electron chi connectivity index (χ4n) is 1.73. The molecule has 88 valence electrons. The van der Waals surface area contributed by atoms with Gasteiger partial charge in [0.25, 0.3) is 0 Å². The Kier molecular flexibility index (Phi) is 3.48. The number of carboxylic acids is 1. The molecule has 0 spiro atoms. The van der Waals surface area contributed by atoms with Gasteiger partial charge in [-0.15, -0.1) is 0 Å². The van der Waals surface area contributed by atoms with Gasteiger partial charge in [-0.25, -0.2) is 4.79 Å². The number of carbonyl (C=O) groups is 1. The van der Waals surface area contributed by atoms with Crippen LogP contribution in [-0.4, -0.2) is 42.2 Å². The zero-order chi connectivity index (χ0) is 11.5. The average molecular weight is 245 g/mol. The van der Waals surface area contributed by atoms with Crippen LogP contribution in [0, 0.1) is 0 Å². The molecule has 0 radical (unpaired) electrons. The topological polar surface area (TPSA) is 65.7 Å². The lowest BCUT2D eigenvalue weighted by Crippen LogP contribution is -2.42. The molecule has 1 aliphatic rings. The molecule has 0 aromatic carbocycles.